The molecule has 0 bridgehead atoms. The molecule has 0 aliphatic rings. The van der Waals surface area contributed by atoms with Crippen LogP contribution in [-0.2, 0) is 0 Å². The largest absolute Gasteiger partial charge is 0.472 e. The van der Waals surface area contributed by atoms with Crippen molar-refractivity contribution in [3.8, 4) is 0 Å². The molecule has 0 aliphatic carbocycles. The molecule has 0 radical (unpaired) electrons. The smallest absolute Gasteiger partial charge is 0.0937 e. The molecule has 0 aromatic carbocycles. The van der Waals surface area contributed by atoms with Crippen LogP contribution in [0.4, 0.5) is 0 Å². The first-order valence-electron chi connectivity index (χ1n) is 8.89. The third-order valence-corrected chi connectivity index (χ3v) is 5.52. The number of thiophene rings is 2. The summed E-state index contributed by atoms with van der Waals surface area (Å²) in [6, 6.07) is 4.17. The van der Waals surface area contributed by atoms with Gasteiger partial charge in [0.05, 0.1) is 12.5 Å². The first-order valence-corrected chi connectivity index (χ1v) is 10.8. The lowest BCUT2D eigenvalue weighted by atomic mass is 10.0. The third-order valence-electron chi connectivity index (χ3n) is 3.94. The van der Waals surface area contributed by atoms with Crippen molar-refractivity contribution < 1.29 is 4.42 Å². The van der Waals surface area contributed by atoms with Gasteiger partial charge in [0.2, 0.25) is 0 Å². The SMILES string of the molecule is CC(C)c1ccoc1.CC(C)c1ccsc1.Cc1cscc1C(C)C. The van der Waals surface area contributed by atoms with Crippen LogP contribution in [0.5, 0.6) is 0 Å². The van der Waals surface area contributed by atoms with Crippen molar-refractivity contribution in [3.05, 3.63) is 68.4 Å². The normalized spacial score (nSPS) is 10.5. The Bertz CT molecular complexity index is 621. The van der Waals surface area contributed by atoms with E-state index in [0.717, 1.165) is 0 Å². The lowest BCUT2D eigenvalue weighted by molar-refractivity contribution is 0.562. The van der Waals surface area contributed by atoms with E-state index in [4.69, 9.17) is 4.42 Å². The number of hydrogen-bond donors (Lipinski definition) is 0. The molecule has 138 valence electrons. The molecule has 0 spiro atoms. The maximum Gasteiger partial charge on any atom is 0.0937 e. The summed E-state index contributed by atoms with van der Waals surface area (Å²) in [5.41, 5.74) is 5.66. The van der Waals surface area contributed by atoms with Gasteiger partial charge in [-0.25, -0.2) is 0 Å². The van der Waals surface area contributed by atoms with Gasteiger partial charge in [-0.15, -0.1) is 0 Å². The summed E-state index contributed by atoms with van der Waals surface area (Å²) >= 11 is 3.56. The molecule has 3 rings (SSSR count). The minimum Gasteiger partial charge on any atom is -0.472 e. The molecule has 3 heteroatoms. The van der Waals surface area contributed by atoms with E-state index in [1.54, 1.807) is 35.2 Å². The molecular weight excluding hydrogens is 344 g/mol. The van der Waals surface area contributed by atoms with Crippen molar-refractivity contribution in [1.82, 2.24) is 0 Å². The molecule has 0 amide bonds. The molecule has 3 heterocycles. The standard InChI is InChI=1S/C8H12S.C7H10O.C7H10S/c1-6(2)8-5-9-4-7(8)3;2*1-6(2)7-3-4-8-5-7/h4-6H,1-3H3;2*3-6H,1-2H3. The van der Waals surface area contributed by atoms with Crippen molar-refractivity contribution in [2.75, 3.05) is 0 Å². The lowest BCUT2D eigenvalue weighted by Crippen LogP contribution is -1.84. The van der Waals surface area contributed by atoms with Gasteiger partial charge in [-0.1, -0.05) is 41.5 Å². The summed E-state index contributed by atoms with van der Waals surface area (Å²) < 4.78 is 4.88. The van der Waals surface area contributed by atoms with E-state index in [0.29, 0.717) is 17.8 Å². The van der Waals surface area contributed by atoms with E-state index in [1.165, 1.54) is 22.3 Å². The highest BCUT2D eigenvalue weighted by molar-refractivity contribution is 7.08. The molecule has 0 fully saturated rings. The Morgan fingerprint density at radius 3 is 1.68 bits per heavy atom. The first kappa shape index (κ1) is 21.7. The molecule has 0 saturated carbocycles. The molecule has 1 nitrogen and oxygen atoms in total. The van der Waals surface area contributed by atoms with Gasteiger partial charge in [-0.05, 0) is 80.6 Å². The highest BCUT2D eigenvalue weighted by atomic mass is 32.1. The fourth-order valence-electron chi connectivity index (χ4n) is 2.17. The fourth-order valence-corrected chi connectivity index (χ4v) is 4.00. The van der Waals surface area contributed by atoms with Gasteiger partial charge >= 0.3 is 0 Å². The molecule has 0 unspecified atom stereocenters. The van der Waals surface area contributed by atoms with Crippen LogP contribution in [0.1, 0.15) is 81.5 Å². The molecule has 0 saturated heterocycles. The topological polar surface area (TPSA) is 13.1 Å². The van der Waals surface area contributed by atoms with Gasteiger partial charge in [0, 0.05) is 0 Å². The van der Waals surface area contributed by atoms with Gasteiger partial charge in [0.15, 0.2) is 0 Å². The second kappa shape index (κ2) is 11.3. The van der Waals surface area contributed by atoms with Gasteiger partial charge in [-0.2, -0.15) is 22.7 Å². The second-order valence-electron chi connectivity index (χ2n) is 7.09. The fraction of sp³-hybridized carbons (Fsp3) is 0.455. The van der Waals surface area contributed by atoms with Crippen LogP contribution < -0.4 is 0 Å². The lowest BCUT2D eigenvalue weighted by Gasteiger charge is -2.01. The van der Waals surface area contributed by atoms with Crippen molar-refractivity contribution in [2.45, 2.75) is 66.2 Å². The summed E-state index contributed by atoms with van der Waals surface area (Å²) in [5, 5.41) is 8.76. The van der Waals surface area contributed by atoms with Crippen LogP contribution in [0.2, 0.25) is 0 Å². The Morgan fingerprint density at radius 1 is 0.760 bits per heavy atom. The zero-order valence-electron chi connectivity index (χ0n) is 16.6. The maximum absolute atomic E-state index is 4.88. The quantitative estimate of drug-likeness (QED) is 0.447. The molecule has 0 aliphatic heterocycles. The predicted molar refractivity (Wildman–Crippen MR) is 114 cm³/mol. The Hall–Kier alpha value is -1.32. The summed E-state index contributed by atoms with van der Waals surface area (Å²) in [4.78, 5) is 0. The summed E-state index contributed by atoms with van der Waals surface area (Å²) in [6.45, 7) is 15.3. The average molecular weight is 377 g/mol. The Morgan fingerprint density at radius 2 is 1.44 bits per heavy atom. The maximum atomic E-state index is 4.88. The van der Waals surface area contributed by atoms with Crippen molar-refractivity contribution in [2.24, 2.45) is 0 Å². The first-order chi connectivity index (χ1) is 11.8. The van der Waals surface area contributed by atoms with Gasteiger partial charge < -0.3 is 4.42 Å². The van der Waals surface area contributed by atoms with Crippen molar-refractivity contribution in [1.29, 1.82) is 0 Å². The average Bonchev–Trinajstić information content (AvgIpc) is 3.31. The molecule has 0 atom stereocenters. The van der Waals surface area contributed by atoms with Gasteiger partial charge in [0.25, 0.3) is 0 Å². The summed E-state index contributed by atoms with van der Waals surface area (Å²) in [6.07, 6.45) is 3.49. The van der Waals surface area contributed by atoms with Crippen molar-refractivity contribution >= 4 is 22.7 Å². The number of furan rings is 1. The van der Waals surface area contributed by atoms with Gasteiger partial charge in [0.1, 0.15) is 0 Å². The van der Waals surface area contributed by atoms with E-state index < -0.39 is 0 Å². The van der Waals surface area contributed by atoms with Crippen LogP contribution >= 0.6 is 22.7 Å². The molecule has 25 heavy (non-hydrogen) atoms. The van der Waals surface area contributed by atoms with Crippen LogP contribution in [0.3, 0.4) is 0 Å². The van der Waals surface area contributed by atoms with E-state index in [1.807, 2.05) is 6.07 Å². The van der Waals surface area contributed by atoms with E-state index in [-0.39, 0.29) is 0 Å². The predicted octanol–water partition coefficient (Wildman–Crippen LogP) is 8.45. The highest BCUT2D eigenvalue weighted by Crippen LogP contribution is 2.22. The van der Waals surface area contributed by atoms with Crippen LogP contribution in [0.15, 0.2) is 50.6 Å². The third kappa shape index (κ3) is 8.06. The molecular formula is C22H32OS2. The van der Waals surface area contributed by atoms with Gasteiger partial charge in [-0.3, -0.25) is 0 Å². The van der Waals surface area contributed by atoms with Crippen molar-refractivity contribution in [3.63, 3.8) is 0 Å². The van der Waals surface area contributed by atoms with E-state index in [2.05, 4.69) is 76.1 Å². The van der Waals surface area contributed by atoms with Crippen LogP contribution in [0.25, 0.3) is 0 Å². The highest BCUT2D eigenvalue weighted by Gasteiger charge is 2.01. The second-order valence-corrected chi connectivity index (χ2v) is 8.61. The summed E-state index contributed by atoms with van der Waals surface area (Å²) in [5.74, 6) is 1.98. The van der Waals surface area contributed by atoms with E-state index in [9.17, 15) is 0 Å². The zero-order chi connectivity index (χ0) is 18.8. The molecule has 3 aromatic rings. The van der Waals surface area contributed by atoms with Crippen LogP contribution in [0, 0.1) is 6.92 Å². The minimum atomic E-state index is 0.591. The van der Waals surface area contributed by atoms with E-state index >= 15 is 0 Å². The number of hydrogen-bond acceptors (Lipinski definition) is 3. The zero-order valence-corrected chi connectivity index (χ0v) is 18.2. The minimum absolute atomic E-state index is 0.591. The molecule has 3 aromatic heterocycles. The Labute approximate surface area is 161 Å². The Balaban J connectivity index is 0.000000188. The monoisotopic (exact) mass is 376 g/mol. The summed E-state index contributed by atoms with van der Waals surface area (Å²) in [7, 11) is 0. The number of aryl methyl sites for hydroxylation is 1. The molecule has 0 N–H and O–H groups in total. The number of rotatable bonds is 3. The van der Waals surface area contributed by atoms with Crippen LogP contribution in [-0.4, -0.2) is 0 Å². The Kier molecular flexibility index (Phi) is 9.84.